The molecule has 0 aliphatic rings. The van der Waals surface area contributed by atoms with E-state index >= 15 is 0 Å². The van der Waals surface area contributed by atoms with Crippen molar-refractivity contribution in [1.29, 1.82) is 0 Å². The Hall–Kier alpha value is -1.12. The van der Waals surface area contributed by atoms with Gasteiger partial charge in [-0.05, 0) is 24.1 Å². The van der Waals surface area contributed by atoms with Crippen molar-refractivity contribution in [2.45, 2.75) is 40.0 Å². The van der Waals surface area contributed by atoms with Crippen molar-refractivity contribution in [2.24, 2.45) is 0 Å². The average molecular weight is 216 g/mol. The molecule has 1 nitrogen and oxygen atoms in total. The van der Waals surface area contributed by atoms with Gasteiger partial charge in [0.15, 0.2) is 0 Å². The summed E-state index contributed by atoms with van der Waals surface area (Å²) in [6.07, 6.45) is 0.725. The summed E-state index contributed by atoms with van der Waals surface area (Å²) in [5.41, 5.74) is 0.537. The fraction of sp³-hybridized carbons (Fsp3) is 0.500. The maximum atomic E-state index is 12.8. The Labute approximate surface area is 89.8 Å². The first-order valence-electron chi connectivity index (χ1n) is 5.15. The minimum Gasteiger partial charge on any atom is -0.507 e. The van der Waals surface area contributed by atoms with E-state index in [9.17, 15) is 13.9 Å². The third-order valence-electron chi connectivity index (χ3n) is 1.94. The molecule has 86 valence electrons. The largest absolute Gasteiger partial charge is 0.507 e. The van der Waals surface area contributed by atoms with Gasteiger partial charge in [-0.25, -0.2) is 8.78 Å². The maximum Gasteiger partial charge on any atom is 0.274 e. The van der Waals surface area contributed by atoms with Gasteiger partial charge in [-0.1, -0.05) is 26.8 Å². The normalized spacial score (nSPS) is 10.5. The number of rotatable bonds is 2. The minimum absolute atomic E-state index is 0.315. The molecule has 0 saturated carbocycles. The number of aromatic hydroxyl groups is 1. The van der Waals surface area contributed by atoms with E-state index in [1.54, 1.807) is 6.07 Å². The highest BCUT2D eigenvalue weighted by Crippen LogP contribution is 2.34. The monoisotopic (exact) mass is 216 g/mol. The molecule has 0 bridgehead atoms. The Morgan fingerprint density at radius 3 is 2.13 bits per heavy atom. The molecule has 3 heteroatoms. The van der Waals surface area contributed by atoms with Crippen LogP contribution in [0.2, 0.25) is 0 Å². The first kappa shape index (κ1) is 13.9. The van der Waals surface area contributed by atoms with Crippen LogP contribution in [0.3, 0.4) is 0 Å². The molecule has 0 aliphatic carbocycles. The lowest BCUT2D eigenvalue weighted by atomic mass is 10.0. The molecule has 0 spiro atoms. The van der Waals surface area contributed by atoms with E-state index in [0.29, 0.717) is 0 Å². The zero-order valence-electron chi connectivity index (χ0n) is 9.64. The topological polar surface area (TPSA) is 20.2 Å². The van der Waals surface area contributed by atoms with Crippen LogP contribution in [-0.4, -0.2) is 5.11 Å². The molecule has 0 amide bonds. The summed E-state index contributed by atoms with van der Waals surface area (Å²) in [4.78, 5) is 0. The molecule has 0 atom stereocenters. The van der Waals surface area contributed by atoms with Gasteiger partial charge in [0.1, 0.15) is 5.75 Å². The summed E-state index contributed by atoms with van der Waals surface area (Å²) in [6.45, 7) is 6.67. The zero-order valence-corrected chi connectivity index (χ0v) is 9.64. The third-order valence-corrected chi connectivity index (χ3v) is 1.94. The highest BCUT2D eigenvalue weighted by atomic mass is 19.3. The molecular weight excluding hydrogens is 198 g/mol. The van der Waals surface area contributed by atoms with E-state index in [1.165, 1.54) is 12.1 Å². The Morgan fingerprint density at radius 1 is 1.27 bits per heavy atom. The number of phenolic OH excluding ortho intramolecular Hbond substituents is 1. The summed E-state index contributed by atoms with van der Waals surface area (Å²) in [6, 6.07) is 4.26. The van der Waals surface area contributed by atoms with E-state index in [1.807, 2.05) is 20.8 Å². The number of halogens is 2. The van der Waals surface area contributed by atoms with Gasteiger partial charge in [-0.2, -0.15) is 0 Å². The molecule has 0 fully saturated rings. The Kier molecular flexibility index (Phi) is 5.26. The smallest absolute Gasteiger partial charge is 0.274 e. The number of hydrogen-bond acceptors (Lipinski definition) is 1. The second-order valence-electron chi connectivity index (χ2n) is 3.09. The van der Waals surface area contributed by atoms with Crippen molar-refractivity contribution < 1.29 is 13.9 Å². The molecule has 1 aromatic carbocycles. The molecule has 0 saturated heterocycles. The Bertz CT molecular complexity index is 303. The lowest BCUT2D eigenvalue weighted by Gasteiger charge is -2.12. The predicted octanol–water partition coefficient (Wildman–Crippen LogP) is 4.09. The second kappa shape index (κ2) is 5.69. The van der Waals surface area contributed by atoms with Gasteiger partial charge in [0.05, 0.1) is 5.56 Å². The van der Waals surface area contributed by atoms with Gasteiger partial charge in [-0.3, -0.25) is 0 Å². The number of phenols is 1. The van der Waals surface area contributed by atoms with E-state index in [2.05, 4.69) is 0 Å². The molecule has 1 N–H and O–H groups in total. The molecule has 0 heterocycles. The molecule has 0 aliphatic heterocycles. The van der Waals surface area contributed by atoms with Crippen molar-refractivity contribution in [3.05, 3.63) is 29.3 Å². The minimum atomic E-state index is -2.98. The molecule has 0 unspecified atom stereocenters. The first-order chi connectivity index (χ1) is 6.95. The van der Waals surface area contributed by atoms with E-state index in [4.69, 9.17) is 0 Å². The molecular formula is C12H18F2O. The summed E-state index contributed by atoms with van der Waals surface area (Å²) in [5, 5.41) is 9.28. The highest BCUT2D eigenvalue weighted by Gasteiger charge is 2.27. The van der Waals surface area contributed by atoms with Crippen LogP contribution in [0.4, 0.5) is 8.78 Å². The predicted molar refractivity (Wildman–Crippen MR) is 58.4 cm³/mol. The lowest BCUT2D eigenvalue weighted by molar-refractivity contribution is 0.0151. The van der Waals surface area contributed by atoms with Crippen LogP contribution < -0.4 is 0 Å². The number of aryl methyl sites for hydroxylation is 1. The van der Waals surface area contributed by atoms with Crippen LogP contribution in [0.1, 0.15) is 38.8 Å². The number of benzene rings is 1. The molecule has 0 aromatic heterocycles. The van der Waals surface area contributed by atoms with Crippen LogP contribution in [0.25, 0.3) is 0 Å². The van der Waals surface area contributed by atoms with Crippen molar-refractivity contribution in [1.82, 2.24) is 0 Å². The quantitative estimate of drug-likeness (QED) is 0.789. The Balaban J connectivity index is 0.000000921. The van der Waals surface area contributed by atoms with Crippen molar-refractivity contribution >= 4 is 0 Å². The fourth-order valence-corrected chi connectivity index (χ4v) is 1.17. The molecule has 1 rings (SSSR count). The maximum absolute atomic E-state index is 12.8. The first-order valence-corrected chi connectivity index (χ1v) is 5.15. The van der Waals surface area contributed by atoms with Gasteiger partial charge in [0.25, 0.3) is 5.92 Å². The summed E-state index contributed by atoms with van der Waals surface area (Å²) in [5.74, 6) is -3.30. The summed E-state index contributed by atoms with van der Waals surface area (Å²) >= 11 is 0. The zero-order chi connectivity index (χ0) is 12.1. The van der Waals surface area contributed by atoms with Gasteiger partial charge in [0.2, 0.25) is 0 Å². The summed E-state index contributed by atoms with van der Waals surface area (Å²) < 4.78 is 25.6. The van der Waals surface area contributed by atoms with E-state index in [0.717, 1.165) is 18.9 Å². The lowest BCUT2D eigenvalue weighted by Crippen LogP contribution is -2.07. The summed E-state index contributed by atoms with van der Waals surface area (Å²) in [7, 11) is 0. The SMILES string of the molecule is CC.CCc1ccc(C(C)(F)F)c(O)c1. The van der Waals surface area contributed by atoms with Crippen LogP contribution in [-0.2, 0) is 12.3 Å². The van der Waals surface area contributed by atoms with Crippen LogP contribution in [0, 0.1) is 0 Å². The van der Waals surface area contributed by atoms with Crippen LogP contribution in [0.15, 0.2) is 18.2 Å². The van der Waals surface area contributed by atoms with Crippen molar-refractivity contribution in [2.75, 3.05) is 0 Å². The standard InChI is InChI=1S/C10H12F2O.C2H6/c1-3-7-4-5-8(9(13)6-7)10(2,11)12;1-2/h4-6,13H,3H2,1-2H3;1-2H3. The van der Waals surface area contributed by atoms with E-state index in [-0.39, 0.29) is 11.3 Å². The Morgan fingerprint density at radius 2 is 1.80 bits per heavy atom. The third kappa shape index (κ3) is 3.86. The van der Waals surface area contributed by atoms with Gasteiger partial charge >= 0.3 is 0 Å². The molecule has 1 aromatic rings. The fourth-order valence-electron chi connectivity index (χ4n) is 1.17. The van der Waals surface area contributed by atoms with Gasteiger partial charge in [0, 0.05) is 6.92 Å². The molecule has 0 radical (unpaired) electrons. The van der Waals surface area contributed by atoms with Crippen molar-refractivity contribution in [3.63, 3.8) is 0 Å². The highest BCUT2D eigenvalue weighted by molar-refractivity contribution is 5.38. The van der Waals surface area contributed by atoms with Gasteiger partial charge in [-0.15, -0.1) is 0 Å². The van der Waals surface area contributed by atoms with Crippen LogP contribution >= 0.6 is 0 Å². The second-order valence-corrected chi connectivity index (χ2v) is 3.09. The number of alkyl halides is 2. The molecule has 15 heavy (non-hydrogen) atoms. The van der Waals surface area contributed by atoms with E-state index < -0.39 is 5.92 Å². The number of hydrogen-bond donors (Lipinski definition) is 1. The average Bonchev–Trinajstić information content (AvgIpc) is 2.18. The van der Waals surface area contributed by atoms with Crippen LogP contribution in [0.5, 0.6) is 5.75 Å². The van der Waals surface area contributed by atoms with Crippen molar-refractivity contribution in [3.8, 4) is 5.75 Å². The van der Waals surface area contributed by atoms with Gasteiger partial charge < -0.3 is 5.11 Å².